The molecule has 1 fully saturated rings. The van der Waals surface area contributed by atoms with E-state index in [0.29, 0.717) is 48.2 Å². The molecular formula is C25H22F2N6O2. The van der Waals surface area contributed by atoms with E-state index in [0.717, 1.165) is 6.20 Å². The number of pyridine rings is 2. The Labute approximate surface area is 200 Å². The van der Waals surface area contributed by atoms with Gasteiger partial charge in [0.15, 0.2) is 5.82 Å². The van der Waals surface area contributed by atoms with Crippen LogP contribution in [0.25, 0.3) is 17.2 Å². The summed E-state index contributed by atoms with van der Waals surface area (Å²) in [6.07, 6.45) is 3.79. The smallest absolute Gasteiger partial charge is 0.270 e. The highest BCUT2D eigenvalue weighted by atomic mass is 19.1. The molecule has 1 saturated carbocycles. The van der Waals surface area contributed by atoms with E-state index >= 15 is 0 Å². The molecule has 0 atom stereocenters. The highest BCUT2D eigenvalue weighted by Gasteiger charge is 2.36. The summed E-state index contributed by atoms with van der Waals surface area (Å²) < 4.78 is 35.0. The summed E-state index contributed by atoms with van der Waals surface area (Å²) in [5.41, 5.74) is 0.997. The molecule has 0 spiro atoms. The zero-order valence-electron chi connectivity index (χ0n) is 18.9. The third kappa shape index (κ3) is 4.59. The predicted octanol–water partition coefficient (Wildman–Crippen LogP) is 4.08. The first-order chi connectivity index (χ1) is 17.0. The van der Waals surface area contributed by atoms with Crippen molar-refractivity contribution in [2.45, 2.75) is 31.7 Å². The van der Waals surface area contributed by atoms with Crippen LogP contribution in [0.4, 0.5) is 8.78 Å². The van der Waals surface area contributed by atoms with Gasteiger partial charge >= 0.3 is 0 Å². The fourth-order valence-electron chi connectivity index (χ4n) is 4.08. The molecule has 4 aromatic rings. The number of hydrogen-bond donors (Lipinski definition) is 1. The Hall–Kier alpha value is -4.21. The second kappa shape index (κ2) is 9.57. The lowest BCUT2D eigenvalue weighted by Crippen LogP contribution is -2.44. The fraction of sp³-hybridized carbons (Fsp3) is 0.240. The Balaban J connectivity index is 1.39. The number of hydrogen-bond acceptors (Lipinski definition) is 6. The molecule has 10 heteroatoms. The van der Waals surface area contributed by atoms with Crippen LogP contribution in [-0.4, -0.2) is 43.3 Å². The highest BCUT2D eigenvalue weighted by molar-refractivity contribution is 5.92. The van der Waals surface area contributed by atoms with Gasteiger partial charge in [0.25, 0.3) is 5.91 Å². The SMILES string of the molecule is CCOc1ccc(-c2nnc([C@H]3C[C@H](NC(=O)c4ccc(F)cn4)C3)n2-c2ccccc2F)nc1. The minimum absolute atomic E-state index is 0.0509. The first-order valence-electron chi connectivity index (χ1n) is 11.3. The van der Waals surface area contributed by atoms with Gasteiger partial charge in [0.1, 0.15) is 34.6 Å². The van der Waals surface area contributed by atoms with Gasteiger partial charge in [-0.25, -0.2) is 18.7 Å². The van der Waals surface area contributed by atoms with Crippen molar-refractivity contribution in [3.8, 4) is 23.0 Å². The molecule has 1 aliphatic carbocycles. The van der Waals surface area contributed by atoms with E-state index in [2.05, 4.69) is 25.5 Å². The number of amides is 1. The van der Waals surface area contributed by atoms with Crippen LogP contribution in [0.3, 0.4) is 0 Å². The van der Waals surface area contributed by atoms with Crippen molar-refractivity contribution >= 4 is 5.91 Å². The number of nitrogens with zero attached hydrogens (tertiary/aromatic N) is 5. The molecule has 178 valence electrons. The van der Waals surface area contributed by atoms with E-state index in [1.807, 2.05) is 6.92 Å². The van der Waals surface area contributed by atoms with E-state index < -0.39 is 11.6 Å². The topological polar surface area (TPSA) is 94.8 Å². The van der Waals surface area contributed by atoms with Crippen molar-refractivity contribution in [3.63, 3.8) is 0 Å². The van der Waals surface area contributed by atoms with Gasteiger partial charge in [-0.3, -0.25) is 9.36 Å². The molecule has 0 aliphatic heterocycles. The lowest BCUT2D eigenvalue weighted by molar-refractivity contribution is 0.0902. The molecule has 0 radical (unpaired) electrons. The third-order valence-corrected chi connectivity index (χ3v) is 5.86. The van der Waals surface area contributed by atoms with E-state index in [4.69, 9.17) is 4.74 Å². The molecule has 1 N–H and O–H groups in total. The second-order valence-electron chi connectivity index (χ2n) is 8.18. The summed E-state index contributed by atoms with van der Waals surface area (Å²) in [7, 11) is 0. The molecule has 0 saturated heterocycles. The number of aromatic nitrogens is 5. The summed E-state index contributed by atoms with van der Waals surface area (Å²) in [4.78, 5) is 20.6. The molecule has 8 nitrogen and oxygen atoms in total. The molecule has 1 aliphatic rings. The molecule has 0 unspecified atom stereocenters. The first-order valence-corrected chi connectivity index (χ1v) is 11.3. The summed E-state index contributed by atoms with van der Waals surface area (Å²) >= 11 is 0. The lowest BCUT2D eigenvalue weighted by atomic mass is 9.79. The minimum Gasteiger partial charge on any atom is -0.492 e. The number of carbonyl (C=O) groups is 1. The number of para-hydroxylation sites is 1. The van der Waals surface area contributed by atoms with Gasteiger partial charge in [-0.15, -0.1) is 10.2 Å². The number of ether oxygens (including phenoxy) is 1. The standard InChI is InChI=1S/C25H22F2N6O2/c1-2-35-18-8-10-20(29-14-18)24-32-31-23(33(24)22-6-4-3-5-19(22)27)15-11-17(12-15)30-25(34)21-9-7-16(26)13-28-21/h3-10,13-15,17H,2,11-12H2,1H3,(H,30,34)/t15-,17-. The molecule has 1 aromatic carbocycles. The van der Waals surface area contributed by atoms with Crippen LogP contribution in [0.15, 0.2) is 60.9 Å². The van der Waals surface area contributed by atoms with Crippen LogP contribution in [0.1, 0.15) is 42.0 Å². The van der Waals surface area contributed by atoms with Gasteiger partial charge in [-0.2, -0.15) is 0 Å². The van der Waals surface area contributed by atoms with Gasteiger partial charge in [-0.1, -0.05) is 12.1 Å². The zero-order valence-corrected chi connectivity index (χ0v) is 18.9. The molecule has 5 rings (SSSR count). The van der Waals surface area contributed by atoms with Crippen molar-refractivity contribution in [2.75, 3.05) is 6.61 Å². The molecule has 0 bridgehead atoms. The maximum Gasteiger partial charge on any atom is 0.270 e. The van der Waals surface area contributed by atoms with Gasteiger partial charge < -0.3 is 10.1 Å². The van der Waals surface area contributed by atoms with Crippen molar-refractivity contribution in [1.82, 2.24) is 30.0 Å². The number of halogens is 2. The van der Waals surface area contributed by atoms with Crippen LogP contribution < -0.4 is 10.1 Å². The molecule has 35 heavy (non-hydrogen) atoms. The van der Waals surface area contributed by atoms with Gasteiger partial charge in [-0.05, 0) is 56.2 Å². The van der Waals surface area contributed by atoms with Crippen LogP contribution in [-0.2, 0) is 0 Å². The number of benzene rings is 1. The predicted molar refractivity (Wildman–Crippen MR) is 123 cm³/mol. The molecule has 3 aromatic heterocycles. The average Bonchev–Trinajstić information content (AvgIpc) is 3.26. The van der Waals surface area contributed by atoms with E-state index in [9.17, 15) is 13.6 Å². The van der Waals surface area contributed by atoms with Crippen molar-refractivity contribution in [2.24, 2.45) is 0 Å². The second-order valence-corrected chi connectivity index (χ2v) is 8.18. The summed E-state index contributed by atoms with van der Waals surface area (Å²) in [6.45, 7) is 2.41. The highest BCUT2D eigenvalue weighted by Crippen LogP contribution is 2.39. The summed E-state index contributed by atoms with van der Waals surface area (Å²) in [5.74, 6) is 0.292. The quantitative estimate of drug-likeness (QED) is 0.432. The lowest BCUT2D eigenvalue weighted by Gasteiger charge is -2.35. The van der Waals surface area contributed by atoms with E-state index in [1.54, 1.807) is 41.1 Å². The van der Waals surface area contributed by atoms with Crippen molar-refractivity contribution in [1.29, 1.82) is 0 Å². The maximum absolute atomic E-state index is 14.8. The fourth-order valence-corrected chi connectivity index (χ4v) is 4.08. The van der Waals surface area contributed by atoms with Crippen LogP contribution in [0.2, 0.25) is 0 Å². The van der Waals surface area contributed by atoms with Crippen LogP contribution >= 0.6 is 0 Å². The Morgan fingerprint density at radius 3 is 2.57 bits per heavy atom. The average molecular weight is 476 g/mol. The van der Waals surface area contributed by atoms with Crippen molar-refractivity contribution < 1.29 is 18.3 Å². The Morgan fingerprint density at radius 1 is 1.06 bits per heavy atom. The van der Waals surface area contributed by atoms with Crippen LogP contribution in [0, 0.1) is 11.6 Å². The van der Waals surface area contributed by atoms with Gasteiger partial charge in [0, 0.05) is 12.0 Å². The molecular weight excluding hydrogens is 454 g/mol. The monoisotopic (exact) mass is 476 g/mol. The summed E-state index contributed by atoms with van der Waals surface area (Å²) in [6, 6.07) is 12.4. The van der Waals surface area contributed by atoms with Crippen LogP contribution in [0.5, 0.6) is 5.75 Å². The Bertz CT molecular complexity index is 1340. The third-order valence-electron chi connectivity index (χ3n) is 5.86. The van der Waals surface area contributed by atoms with Gasteiger partial charge in [0.2, 0.25) is 0 Å². The normalized spacial score (nSPS) is 17.0. The maximum atomic E-state index is 14.8. The molecule has 3 heterocycles. The number of carbonyl (C=O) groups excluding carboxylic acids is 1. The Morgan fingerprint density at radius 2 is 1.89 bits per heavy atom. The minimum atomic E-state index is -0.504. The van der Waals surface area contributed by atoms with E-state index in [-0.39, 0.29) is 23.6 Å². The summed E-state index contributed by atoms with van der Waals surface area (Å²) in [5, 5.41) is 11.6. The Kier molecular flexibility index (Phi) is 6.17. The largest absolute Gasteiger partial charge is 0.492 e. The zero-order chi connectivity index (χ0) is 24.4. The first kappa shape index (κ1) is 22.6. The number of rotatable bonds is 7. The number of nitrogens with one attached hydrogen (secondary N) is 1. The van der Waals surface area contributed by atoms with Gasteiger partial charge in [0.05, 0.1) is 24.7 Å². The van der Waals surface area contributed by atoms with E-state index in [1.165, 1.54) is 18.2 Å². The van der Waals surface area contributed by atoms with Crippen molar-refractivity contribution in [3.05, 3.63) is 84.1 Å². The molecule has 1 amide bonds.